The Morgan fingerprint density at radius 3 is 1.76 bits per heavy atom. The number of furan rings is 1. The van der Waals surface area contributed by atoms with Crippen molar-refractivity contribution in [2.24, 2.45) is 0 Å². The highest BCUT2D eigenvalue weighted by Crippen LogP contribution is 2.51. The second kappa shape index (κ2) is 15.1. The summed E-state index contributed by atoms with van der Waals surface area (Å²) in [6.07, 6.45) is 0. The highest BCUT2D eigenvalue weighted by molar-refractivity contribution is 7.22. The predicted octanol–water partition coefficient (Wildman–Crippen LogP) is 16.6. The van der Waals surface area contributed by atoms with Gasteiger partial charge < -0.3 is 14.2 Å². The lowest BCUT2D eigenvalue weighted by molar-refractivity contribution is 0.589. The van der Waals surface area contributed by atoms with Gasteiger partial charge in [0.2, 0.25) is 0 Å². The lowest BCUT2D eigenvalue weighted by atomic mass is 9.35. The van der Waals surface area contributed by atoms with Crippen LogP contribution in [0.4, 0.5) is 34.1 Å². The van der Waals surface area contributed by atoms with E-state index in [0.29, 0.717) is 0 Å². The molecule has 0 spiro atoms. The van der Waals surface area contributed by atoms with E-state index in [-0.39, 0.29) is 23.5 Å². The quantitative estimate of drug-likeness (QED) is 0.160. The minimum absolute atomic E-state index is 0.0101. The summed E-state index contributed by atoms with van der Waals surface area (Å²) in [4.78, 5) is 7.72. The lowest BCUT2D eigenvalue weighted by Crippen LogP contribution is -2.61. The Balaban J connectivity index is 1.18. The molecule has 0 aliphatic carbocycles. The zero-order valence-electron chi connectivity index (χ0n) is 40.1. The highest BCUT2D eigenvalue weighted by Gasteiger charge is 2.47. The van der Waals surface area contributed by atoms with Crippen molar-refractivity contribution in [2.45, 2.75) is 86.0 Å². The first-order valence-corrected chi connectivity index (χ1v) is 25.4. The number of thiophene rings is 2. The van der Waals surface area contributed by atoms with E-state index in [4.69, 9.17) is 4.42 Å². The van der Waals surface area contributed by atoms with Crippen LogP contribution in [-0.4, -0.2) is 6.71 Å². The average Bonchev–Trinajstić information content (AvgIpc) is 4.04. The van der Waals surface area contributed by atoms with Gasteiger partial charge in [0, 0.05) is 47.3 Å². The molecule has 0 amide bonds. The molecular formula is C61H55BN2OS2. The molecule has 6 heteroatoms. The second-order valence-corrected chi connectivity index (χ2v) is 23.5. The van der Waals surface area contributed by atoms with Crippen LogP contribution in [0.15, 0.2) is 150 Å². The molecule has 5 heterocycles. The van der Waals surface area contributed by atoms with Gasteiger partial charge in [-0.15, -0.1) is 22.7 Å². The van der Waals surface area contributed by atoms with Gasteiger partial charge in [0.25, 0.3) is 6.71 Å². The van der Waals surface area contributed by atoms with E-state index in [1.807, 2.05) is 22.7 Å². The van der Waals surface area contributed by atoms with Gasteiger partial charge in [-0.25, -0.2) is 0 Å². The van der Waals surface area contributed by atoms with Crippen molar-refractivity contribution in [3.05, 3.63) is 173 Å². The maximum atomic E-state index is 7.40. The Hall–Kier alpha value is -6.34. The molecule has 0 saturated heterocycles. The standard InChI is InChI=1S/C61H55BN2OS2/c1-35(2)42-30-49-56-50(31-42)64(57-36(3)26-44(27-37(57)4)61(8,9)10)58-46-34-43(60(5,6)7)23-25-51(46)65-59(58)62(56)47-24-22-41(55-33-40-17-12-14-21-53(40)67-55)29-48(47)63(49)45-19-15-18-38(28-45)54-32-39-16-11-13-20-52(39)66-54/h11-35H,1-10H3. The fraction of sp³-hybridized carbons (Fsp3) is 0.213. The third kappa shape index (κ3) is 6.73. The molecule has 10 aromatic rings. The number of rotatable bonds is 5. The van der Waals surface area contributed by atoms with Crippen LogP contribution in [0.1, 0.15) is 89.1 Å². The number of fused-ring (bicyclic) bond motifs is 8. The van der Waals surface area contributed by atoms with Gasteiger partial charge in [-0.3, -0.25) is 0 Å². The molecule has 0 N–H and O–H groups in total. The molecule has 0 saturated carbocycles. The Kier molecular flexibility index (Phi) is 9.47. The SMILES string of the molecule is Cc1cc(C(C)(C)C)cc(C)c1N1c2cc(C(C)C)cc3c2B(c2ccc(-c4cc5ccccc5s4)cc2N3c2cccc(-c3cc4ccccc4s3)c2)c2oc3ccc(C(C)(C)C)cc3c21. The van der Waals surface area contributed by atoms with Gasteiger partial charge in [-0.05, 0) is 158 Å². The van der Waals surface area contributed by atoms with Crippen molar-refractivity contribution in [2.75, 3.05) is 9.80 Å². The van der Waals surface area contributed by atoms with Crippen molar-refractivity contribution in [1.82, 2.24) is 0 Å². The number of nitrogens with zero attached hydrogens (tertiary/aromatic N) is 2. The molecule has 2 aliphatic heterocycles. The van der Waals surface area contributed by atoms with Crippen molar-refractivity contribution in [3.63, 3.8) is 0 Å². The normalized spacial score (nSPS) is 13.6. The van der Waals surface area contributed by atoms with Crippen molar-refractivity contribution in [1.29, 1.82) is 0 Å². The summed E-state index contributed by atoms with van der Waals surface area (Å²) in [6, 6.07) is 55.4. The number of benzene rings is 7. The van der Waals surface area contributed by atoms with Gasteiger partial charge in [0.15, 0.2) is 0 Å². The highest BCUT2D eigenvalue weighted by atomic mass is 32.1. The van der Waals surface area contributed by atoms with Gasteiger partial charge >= 0.3 is 0 Å². The Bertz CT molecular complexity index is 3560. The average molecular weight is 907 g/mol. The second-order valence-electron chi connectivity index (χ2n) is 21.3. The van der Waals surface area contributed by atoms with Crippen LogP contribution in [0, 0.1) is 13.8 Å². The Morgan fingerprint density at radius 1 is 0.537 bits per heavy atom. The van der Waals surface area contributed by atoms with Crippen molar-refractivity contribution >= 4 is 111 Å². The maximum absolute atomic E-state index is 7.40. The van der Waals surface area contributed by atoms with Crippen LogP contribution in [0.3, 0.4) is 0 Å². The molecule has 3 nitrogen and oxygen atoms in total. The summed E-state index contributed by atoms with van der Waals surface area (Å²) in [6.45, 7) is 23.0. The van der Waals surface area contributed by atoms with Crippen LogP contribution in [0.25, 0.3) is 52.0 Å². The van der Waals surface area contributed by atoms with Gasteiger partial charge in [0.05, 0.1) is 17.0 Å². The molecule has 0 atom stereocenters. The lowest BCUT2D eigenvalue weighted by Gasteiger charge is -2.44. The van der Waals surface area contributed by atoms with Crippen LogP contribution in [-0.2, 0) is 10.8 Å². The van der Waals surface area contributed by atoms with E-state index >= 15 is 0 Å². The number of aryl methyl sites for hydroxylation is 2. The Labute approximate surface area is 403 Å². The minimum atomic E-state index is -0.147. The zero-order chi connectivity index (χ0) is 46.3. The smallest absolute Gasteiger partial charge is 0.297 e. The predicted molar refractivity (Wildman–Crippen MR) is 293 cm³/mol. The van der Waals surface area contributed by atoms with Crippen LogP contribution in [0.5, 0.6) is 0 Å². The summed E-state index contributed by atoms with van der Waals surface area (Å²) in [5, 5.41) is 3.72. The molecule has 0 unspecified atom stereocenters. The fourth-order valence-corrected chi connectivity index (χ4v) is 12.9. The minimum Gasteiger partial charge on any atom is -0.468 e. The third-order valence-electron chi connectivity index (χ3n) is 14.3. The topological polar surface area (TPSA) is 19.6 Å². The molecule has 3 aromatic heterocycles. The van der Waals surface area contributed by atoms with Crippen molar-refractivity contribution in [3.8, 4) is 20.9 Å². The molecule has 2 aliphatic rings. The van der Waals surface area contributed by atoms with Gasteiger partial charge in [-0.1, -0.05) is 134 Å². The summed E-state index contributed by atoms with van der Waals surface area (Å²) >= 11 is 3.73. The first-order chi connectivity index (χ1) is 32.1. The van der Waals surface area contributed by atoms with E-state index in [1.54, 1.807) is 0 Å². The number of hydrogen-bond donors (Lipinski definition) is 0. The molecule has 67 heavy (non-hydrogen) atoms. The molecule has 0 fully saturated rings. The van der Waals surface area contributed by atoms with E-state index in [1.165, 1.54) is 103 Å². The van der Waals surface area contributed by atoms with Crippen LogP contribution in [0.2, 0.25) is 0 Å². The fourth-order valence-electron chi connectivity index (χ4n) is 10.8. The number of anilines is 6. The first kappa shape index (κ1) is 42.0. The first-order valence-electron chi connectivity index (χ1n) is 23.8. The van der Waals surface area contributed by atoms with Gasteiger partial charge in [-0.2, -0.15) is 0 Å². The monoisotopic (exact) mass is 906 g/mol. The maximum Gasteiger partial charge on any atom is 0.297 e. The van der Waals surface area contributed by atoms with E-state index in [9.17, 15) is 0 Å². The largest absolute Gasteiger partial charge is 0.468 e. The Morgan fingerprint density at radius 2 is 1.15 bits per heavy atom. The van der Waals surface area contributed by atoms with Gasteiger partial charge in [0.1, 0.15) is 5.58 Å². The number of hydrogen-bond acceptors (Lipinski definition) is 5. The molecule has 12 rings (SSSR count). The van der Waals surface area contributed by atoms with Crippen LogP contribution < -0.4 is 26.4 Å². The summed E-state index contributed by atoms with van der Waals surface area (Å²) in [7, 11) is 0. The third-order valence-corrected chi connectivity index (χ3v) is 16.7. The molecule has 0 radical (unpaired) electrons. The van der Waals surface area contributed by atoms with E-state index in [2.05, 4.69) is 225 Å². The molecule has 330 valence electrons. The summed E-state index contributed by atoms with van der Waals surface area (Å²) in [5.74, 6) is 0.278. The summed E-state index contributed by atoms with van der Waals surface area (Å²) < 4.78 is 10.0. The molecular weight excluding hydrogens is 852 g/mol. The molecule has 7 aromatic carbocycles. The van der Waals surface area contributed by atoms with E-state index < -0.39 is 0 Å². The zero-order valence-corrected chi connectivity index (χ0v) is 41.8. The van der Waals surface area contributed by atoms with Crippen molar-refractivity contribution < 1.29 is 4.42 Å². The van der Waals surface area contributed by atoms with E-state index in [0.717, 1.165) is 28.0 Å². The van der Waals surface area contributed by atoms with Crippen LogP contribution >= 0.6 is 22.7 Å². The molecule has 0 bridgehead atoms. The summed E-state index contributed by atoms with van der Waals surface area (Å²) in [5.41, 5.74) is 20.5.